The van der Waals surface area contributed by atoms with E-state index in [-0.39, 0.29) is 0 Å². The van der Waals surface area contributed by atoms with Gasteiger partial charge in [0.1, 0.15) is 5.82 Å². The van der Waals surface area contributed by atoms with Crippen LogP contribution in [0.5, 0.6) is 0 Å². The first-order chi connectivity index (χ1) is 8.10. The van der Waals surface area contributed by atoms with Crippen molar-refractivity contribution in [1.29, 1.82) is 0 Å². The summed E-state index contributed by atoms with van der Waals surface area (Å²) in [6.07, 6.45) is 1.14. The zero-order valence-electron chi connectivity index (χ0n) is 11.0. The van der Waals surface area contributed by atoms with Crippen molar-refractivity contribution in [1.82, 2.24) is 9.97 Å². The smallest absolute Gasteiger partial charge is 0.104 e. The molecule has 2 N–H and O–H groups in total. The van der Waals surface area contributed by atoms with E-state index in [1.165, 1.54) is 5.69 Å². The third kappa shape index (κ3) is 2.60. The molecule has 0 spiro atoms. The molecule has 0 aliphatic heterocycles. The lowest BCUT2D eigenvalue weighted by Crippen LogP contribution is -2.24. The highest BCUT2D eigenvalue weighted by Crippen LogP contribution is 2.20. The largest absolute Gasteiger partial charge is 0.382 e. The van der Waals surface area contributed by atoms with Gasteiger partial charge < -0.3 is 10.3 Å². The Morgan fingerprint density at radius 1 is 1.35 bits per heavy atom. The zero-order valence-corrected chi connectivity index (χ0v) is 11.0. The maximum atomic E-state index is 4.41. The fraction of sp³-hybridized carbons (Fsp3) is 0.500. The van der Waals surface area contributed by atoms with Gasteiger partial charge in [0, 0.05) is 11.7 Å². The molecule has 3 heteroatoms. The topological polar surface area (TPSA) is 40.7 Å². The highest BCUT2D eigenvalue weighted by atomic mass is 14.9. The van der Waals surface area contributed by atoms with Crippen LogP contribution >= 0.6 is 0 Å². The van der Waals surface area contributed by atoms with Crippen LogP contribution < -0.4 is 5.32 Å². The average molecular weight is 231 g/mol. The van der Waals surface area contributed by atoms with Crippen molar-refractivity contribution in [3.63, 3.8) is 0 Å². The van der Waals surface area contributed by atoms with E-state index in [0.29, 0.717) is 12.0 Å². The van der Waals surface area contributed by atoms with E-state index in [1.807, 2.05) is 6.92 Å². The van der Waals surface area contributed by atoms with Gasteiger partial charge in [0.25, 0.3) is 0 Å². The number of fused-ring (bicyclic) bond motifs is 1. The van der Waals surface area contributed by atoms with Gasteiger partial charge in [0.2, 0.25) is 0 Å². The monoisotopic (exact) mass is 231 g/mol. The summed E-state index contributed by atoms with van der Waals surface area (Å²) in [5.74, 6) is 1.60. The van der Waals surface area contributed by atoms with Crippen molar-refractivity contribution in [3.05, 3.63) is 24.0 Å². The number of nitrogens with one attached hydrogen (secondary N) is 2. The molecule has 1 heterocycles. The third-order valence-electron chi connectivity index (χ3n) is 3.20. The van der Waals surface area contributed by atoms with Gasteiger partial charge in [-0.05, 0) is 37.5 Å². The van der Waals surface area contributed by atoms with Gasteiger partial charge in [-0.15, -0.1) is 0 Å². The normalized spacial score (nSPS) is 13.2. The second kappa shape index (κ2) is 4.78. The summed E-state index contributed by atoms with van der Waals surface area (Å²) in [6.45, 7) is 8.70. The number of imidazole rings is 1. The predicted octanol–water partition coefficient (Wildman–Crippen LogP) is 3.72. The number of nitrogens with zero attached hydrogens (tertiary/aromatic N) is 1. The van der Waals surface area contributed by atoms with Crippen LogP contribution in [0.15, 0.2) is 18.2 Å². The number of aryl methyl sites for hydroxylation is 1. The number of H-pyrrole nitrogens is 1. The number of rotatable bonds is 4. The Morgan fingerprint density at radius 2 is 2.12 bits per heavy atom. The highest BCUT2D eigenvalue weighted by molar-refractivity contribution is 5.79. The molecule has 1 atom stereocenters. The summed E-state index contributed by atoms with van der Waals surface area (Å²) in [5, 5.41) is 3.58. The summed E-state index contributed by atoms with van der Waals surface area (Å²) in [4.78, 5) is 7.67. The Kier molecular flexibility index (Phi) is 3.36. The minimum atomic E-state index is 0.525. The second-order valence-corrected chi connectivity index (χ2v) is 4.96. The van der Waals surface area contributed by atoms with Crippen molar-refractivity contribution < 1.29 is 0 Å². The van der Waals surface area contributed by atoms with E-state index in [0.717, 1.165) is 23.3 Å². The SMILES string of the molecule is CCC(Nc1ccc2nc(C)[nH]c2c1)C(C)C. The van der Waals surface area contributed by atoms with Gasteiger partial charge >= 0.3 is 0 Å². The maximum Gasteiger partial charge on any atom is 0.104 e. The average Bonchev–Trinajstić information content (AvgIpc) is 2.64. The van der Waals surface area contributed by atoms with Crippen LogP contribution in [0.4, 0.5) is 5.69 Å². The third-order valence-corrected chi connectivity index (χ3v) is 3.20. The van der Waals surface area contributed by atoms with E-state index in [1.54, 1.807) is 0 Å². The molecule has 0 aliphatic carbocycles. The molecule has 0 saturated heterocycles. The van der Waals surface area contributed by atoms with Crippen LogP contribution in [0.25, 0.3) is 11.0 Å². The van der Waals surface area contributed by atoms with E-state index in [9.17, 15) is 0 Å². The van der Waals surface area contributed by atoms with Crippen LogP contribution in [-0.2, 0) is 0 Å². The molecule has 0 saturated carbocycles. The quantitative estimate of drug-likeness (QED) is 0.842. The molecule has 17 heavy (non-hydrogen) atoms. The van der Waals surface area contributed by atoms with Crippen molar-refractivity contribution >= 4 is 16.7 Å². The Bertz CT molecular complexity index is 499. The fourth-order valence-electron chi connectivity index (χ4n) is 2.18. The van der Waals surface area contributed by atoms with E-state index in [2.05, 4.69) is 54.3 Å². The van der Waals surface area contributed by atoms with Gasteiger partial charge in [-0.3, -0.25) is 0 Å². The van der Waals surface area contributed by atoms with Crippen LogP contribution in [0.1, 0.15) is 33.0 Å². The summed E-state index contributed by atoms with van der Waals surface area (Å²) in [6, 6.07) is 6.83. The first-order valence-corrected chi connectivity index (χ1v) is 6.33. The lowest BCUT2D eigenvalue weighted by atomic mass is 10.0. The Hall–Kier alpha value is -1.51. The predicted molar refractivity (Wildman–Crippen MR) is 73.4 cm³/mol. The summed E-state index contributed by atoms with van der Waals surface area (Å²) >= 11 is 0. The van der Waals surface area contributed by atoms with Crippen molar-refractivity contribution in [2.75, 3.05) is 5.32 Å². The van der Waals surface area contributed by atoms with Crippen molar-refractivity contribution in [2.45, 2.75) is 40.2 Å². The maximum absolute atomic E-state index is 4.41. The molecule has 3 nitrogen and oxygen atoms in total. The van der Waals surface area contributed by atoms with Crippen LogP contribution in [0.2, 0.25) is 0 Å². The Labute approximate surface area is 103 Å². The molecule has 2 aromatic rings. The lowest BCUT2D eigenvalue weighted by molar-refractivity contribution is 0.511. The molecule has 0 radical (unpaired) electrons. The first-order valence-electron chi connectivity index (χ1n) is 6.33. The standard InChI is InChI=1S/C14H21N3/c1-5-12(9(2)3)17-11-6-7-13-14(8-11)16-10(4)15-13/h6-9,12,17H,5H2,1-4H3,(H,15,16). The zero-order chi connectivity index (χ0) is 12.4. The van der Waals surface area contributed by atoms with Gasteiger partial charge in [-0.2, -0.15) is 0 Å². The number of aromatic amines is 1. The molecule has 0 amide bonds. The van der Waals surface area contributed by atoms with Crippen LogP contribution in [-0.4, -0.2) is 16.0 Å². The number of hydrogen-bond donors (Lipinski definition) is 2. The number of anilines is 1. The van der Waals surface area contributed by atoms with Gasteiger partial charge in [0.15, 0.2) is 0 Å². The van der Waals surface area contributed by atoms with Crippen molar-refractivity contribution in [3.8, 4) is 0 Å². The molecule has 2 rings (SSSR count). The van der Waals surface area contributed by atoms with E-state index >= 15 is 0 Å². The number of aromatic nitrogens is 2. The Balaban J connectivity index is 2.23. The molecule has 0 fully saturated rings. The molecular weight excluding hydrogens is 210 g/mol. The van der Waals surface area contributed by atoms with Gasteiger partial charge in [-0.25, -0.2) is 4.98 Å². The molecule has 1 aromatic heterocycles. The Morgan fingerprint density at radius 3 is 2.76 bits per heavy atom. The molecular formula is C14H21N3. The lowest BCUT2D eigenvalue weighted by Gasteiger charge is -2.21. The molecule has 92 valence electrons. The summed E-state index contributed by atoms with van der Waals surface area (Å²) in [5.41, 5.74) is 3.30. The first kappa shape index (κ1) is 12.0. The molecule has 0 bridgehead atoms. The number of hydrogen-bond acceptors (Lipinski definition) is 2. The minimum absolute atomic E-state index is 0.525. The minimum Gasteiger partial charge on any atom is -0.382 e. The van der Waals surface area contributed by atoms with Gasteiger partial charge in [0.05, 0.1) is 11.0 Å². The summed E-state index contributed by atoms with van der Waals surface area (Å²) in [7, 11) is 0. The van der Waals surface area contributed by atoms with Crippen LogP contribution in [0, 0.1) is 12.8 Å². The molecule has 1 aromatic carbocycles. The summed E-state index contributed by atoms with van der Waals surface area (Å²) < 4.78 is 0. The molecule has 0 aliphatic rings. The van der Waals surface area contributed by atoms with Crippen molar-refractivity contribution in [2.24, 2.45) is 5.92 Å². The fourth-order valence-corrected chi connectivity index (χ4v) is 2.18. The highest BCUT2D eigenvalue weighted by Gasteiger charge is 2.10. The van der Waals surface area contributed by atoms with Crippen LogP contribution in [0.3, 0.4) is 0 Å². The second-order valence-electron chi connectivity index (χ2n) is 4.96. The van der Waals surface area contributed by atoms with E-state index in [4.69, 9.17) is 0 Å². The van der Waals surface area contributed by atoms with Gasteiger partial charge in [-0.1, -0.05) is 20.8 Å². The van der Waals surface area contributed by atoms with E-state index < -0.39 is 0 Å². The molecule has 1 unspecified atom stereocenters. The number of benzene rings is 1.